The molecular weight excluding hydrogens is 481 g/mol. The lowest BCUT2D eigenvalue weighted by Crippen LogP contribution is -2.33. The molecule has 0 saturated carbocycles. The molecule has 2 atom stereocenters. The van der Waals surface area contributed by atoms with Gasteiger partial charge in [-0.15, -0.1) is 0 Å². The van der Waals surface area contributed by atoms with Crippen LogP contribution in [-0.4, -0.2) is 23.1 Å². The molecule has 0 aromatic heterocycles. The molecule has 148 valence electrons. The highest BCUT2D eigenvalue weighted by Crippen LogP contribution is 2.44. The number of rotatable bonds is 8. The van der Waals surface area contributed by atoms with Crippen LogP contribution in [-0.2, 0) is 15.8 Å². The third kappa shape index (κ3) is 6.94. The van der Waals surface area contributed by atoms with Gasteiger partial charge in [-0.2, -0.15) is 0 Å². The molecule has 0 aliphatic heterocycles. The van der Waals surface area contributed by atoms with E-state index in [-0.39, 0.29) is 6.42 Å². The summed E-state index contributed by atoms with van der Waals surface area (Å²) >= 11 is 10.8. The van der Waals surface area contributed by atoms with Gasteiger partial charge in [0.05, 0.1) is 0 Å². The standard InChI is InChI=1S/C20H20BrClNO3PS/c1-3-28-19-8-7-17(22)12-15(19)13-18(27(2,25)26)20(24)23-10-9-14-5-4-6-16(21)11-14/h3-12,18H,1,13H2,2H3,(H,23,24)(H,25,26)/b10-9+. The van der Waals surface area contributed by atoms with E-state index in [9.17, 15) is 14.3 Å². The highest BCUT2D eigenvalue weighted by molar-refractivity contribution is 9.10. The third-order valence-electron chi connectivity index (χ3n) is 3.88. The largest absolute Gasteiger partial charge is 0.344 e. The zero-order valence-electron chi connectivity index (χ0n) is 15.1. The number of hydrogen-bond donors (Lipinski definition) is 2. The molecule has 2 rings (SSSR count). The molecule has 0 bridgehead atoms. The normalized spacial score (nSPS) is 14.4. The maximum atomic E-state index is 12.6. The first-order chi connectivity index (χ1) is 13.2. The van der Waals surface area contributed by atoms with Crippen LogP contribution in [0.5, 0.6) is 0 Å². The van der Waals surface area contributed by atoms with E-state index in [4.69, 9.17) is 11.6 Å². The number of amides is 1. The van der Waals surface area contributed by atoms with E-state index in [1.165, 1.54) is 24.6 Å². The molecule has 0 heterocycles. The van der Waals surface area contributed by atoms with Crippen LogP contribution in [0.1, 0.15) is 11.1 Å². The van der Waals surface area contributed by atoms with Crippen molar-refractivity contribution < 1.29 is 14.3 Å². The highest BCUT2D eigenvalue weighted by Gasteiger charge is 2.33. The zero-order chi connectivity index (χ0) is 20.7. The number of hydrogen-bond acceptors (Lipinski definition) is 3. The molecule has 2 unspecified atom stereocenters. The summed E-state index contributed by atoms with van der Waals surface area (Å²) in [6, 6.07) is 12.8. The van der Waals surface area contributed by atoms with Gasteiger partial charge in [0.2, 0.25) is 13.3 Å². The maximum Gasteiger partial charge on any atom is 0.237 e. The molecule has 0 aliphatic carbocycles. The minimum absolute atomic E-state index is 0.0948. The smallest absolute Gasteiger partial charge is 0.237 e. The highest BCUT2D eigenvalue weighted by atomic mass is 79.9. The summed E-state index contributed by atoms with van der Waals surface area (Å²) in [6.07, 6.45) is 3.29. The number of nitrogens with one attached hydrogen (secondary N) is 1. The second-order valence-corrected chi connectivity index (χ2v) is 11.0. The number of thioether (sulfide) groups is 1. The number of carbonyl (C=O) groups is 1. The van der Waals surface area contributed by atoms with Gasteiger partial charge in [-0.1, -0.05) is 58.0 Å². The van der Waals surface area contributed by atoms with Crippen LogP contribution >= 0.6 is 46.7 Å². The molecule has 0 radical (unpaired) electrons. The summed E-state index contributed by atoms with van der Waals surface area (Å²) in [7, 11) is -3.70. The predicted octanol–water partition coefficient (Wildman–Crippen LogP) is 5.94. The van der Waals surface area contributed by atoms with Gasteiger partial charge in [-0.05, 0) is 59.4 Å². The van der Waals surface area contributed by atoms with Crippen molar-refractivity contribution in [3.63, 3.8) is 0 Å². The number of carbonyl (C=O) groups excluding carboxylic acids is 1. The van der Waals surface area contributed by atoms with Crippen molar-refractivity contribution in [3.8, 4) is 0 Å². The average Bonchev–Trinajstić information content (AvgIpc) is 2.61. The Morgan fingerprint density at radius 1 is 1.39 bits per heavy atom. The SMILES string of the molecule is C=CSc1ccc(Cl)cc1CC(C(=O)N/C=C/c1cccc(Br)c1)P(C)(=O)O. The van der Waals surface area contributed by atoms with Crippen molar-refractivity contribution in [1.29, 1.82) is 0 Å². The average molecular weight is 501 g/mol. The van der Waals surface area contributed by atoms with E-state index in [1.807, 2.05) is 30.3 Å². The fourth-order valence-corrected chi connectivity index (χ4v) is 4.80. The molecule has 0 spiro atoms. The van der Waals surface area contributed by atoms with Crippen molar-refractivity contribution in [3.05, 3.63) is 81.3 Å². The Hall–Kier alpha value is -1.30. The van der Waals surface area contributed by atoms with Gasteiger partial charge in [0.25, 0.3) is 0 Å². The predicted molar refractivity (Wildman–Crippen MR) is 122 cm³/mol. The Labute approximate surface area is 182 Å². The second kappa shape index (κ2) is 10.5. The van der Waals surface area contributed by atoms with Crippen LogP contribution in [0.25, 0.3) is 6.08 Å². The Kier molecular flexibility index (Phi) is 8.59. The summed E-state index contributed by atoms with van der Waals surface area (Å²) in [5.41, 5.74) is 0.515. The molecular formula is C20H20BrClNO3PS. The molecule has 1 amide bonds. The lowest BCUT2D eigenvalue weighted by molar-refractivity contribution is -0.119. The Morgan fingerprint density at radius 2 is 2.14 bits per heavy atom. The van der Waals surface area contributed by atoms with Crippen LogP contribution in [0, 0.1) is 0 Å². The van der Waals surface area contributed by atoms with Gasteiger partial charge in [0.15, 0.2) is 0 Å². The lowest BCUT2D eigenvalue weighted by Gasteiger charge is -2.20. The maximum absolute atomic E-state index is 12.6. The molecule has 28 heavy (non-hydrogen) atoms. The summed E-state index contributed by atoms with van der Waals surface area (Å²) in [5.74, 6) is -0.519. The summed E-state index contributed by atoms with van der Waals surface area (Å²) < 4.78 is 13.3. The van der Waals surface area contributed by atoms with Crippen LogP contribution < -0.4 is 5.32 Å². The summed E-state index contributed by atoms with van der Waals surface area (Å²) in [6.45, 7) is 4.89. The first-order valence-electron chi connectivity index (χ1n) is 8.29. The van der Waals surface area contributed by atoms with Crippen molar-refractivity contribution in [1.82, 2.24) is 5.32 Å². The topological polar surface area (TPSA) is 66.4 Å². The zero-order valence-corrected chi connectivity index (χ0v) is 19.2. The minimum atomic E-state index is -3.70. The molecule has 0 aliphatic rings. The molecule has 0 fully saturated rings. The van der Waals surface area contributed by atoms with Gasteiger partial charge in [-0.3, -0.25) is 9.36 Å². The monoisotopic (exact) mass is 499 g/mol. The molecule has 0 saturated heterocycles. The quantitative estimate of drug-likeness (QED) is 0.348. The molecule has 4 nitrogen and oxygen atoms in total. The summed E-state index contributed by atoms with van der Waals surface area (Å²) in [5, 5.41) is 4.78. The third-order valence-corrected chi connectivity index (χ3v) is 7.00. The van der Waals surface area contributed by atoms with E-state index in [2.05, 4.69) is 27.8 Å². The van der Waals surface area contributed by atoms with Crippen LogP contribution in [0.2, 0.25) is 5.02 Å². The minimum Gasteiger partial charge on any atom is -0.344 e. The summed E-state index contributed by atoms with van der Waals surface area (Å²) in [4.78, 5) is 23.6. The first-order valence-corrected chi connectivity index (χ1v) is 12.5. The number of halogens is 2. The van der Waals surface area contributed by atoms with Crippen molar-refractivity contribution in [2.75, 3.05) is 6.66 Å². The Balaban J connectivity index is 2.20. The van der Waals surface area contributed by atoms with E-state index in [0.717, 1.165) is 20.5 Å². The van der Waals surface area contributed by atoms with E-state index in [1.54, 1.807) is 23.6 Å². The fraction of sp³-hybridized carbons (Fsp3) is 0.150. The fourth-order valence-electron chi connectivity index (χ4n) is 2.53. The lowest BCUT2D eigenvalue weighted by atomic mass is 10.1. The van der Waals surface area contributed by atoms with Gasteiger partial charge >= 0.3 is 0 Å². The van der Waals surface area contributed by atoms with Crippen molar-refractivity contribution in [2.24, 2.45) is 0 Å². The van der Waals surface area contributed by atoms with E-state index < -0.39 is 18.9 Å². The molecule has 2 aromatic carbocycles. The molecule has 8 heteroatoms. The van der Waals surface area contributed by atoms with Crippen LogP contribution in [0.15, 0.2) is 70.0 Å². The Morgan fingerprint density at radius 3 is 2.79 bits per heavy atom. The van der Waals surface area contributed by atoms with Crippen LogP contribution in [0.4, 0.5) is 0 Å². The van der Waals surface area contributed by atoms with Gasteiger partial charge < -0.3 is 10.2 Å². The van der Waals surface area contributed by atoms with Crippen molar-refractivity contribution >= 4 is 58.6 Å². The van der Waals surface area contributed by atoms with E-state index >= 15 is 0 Å². The number of benzene rings is 2. The Bertz CT molecular complexity index is 945. The van der Waals surface area contributed by atoms with E-state index in [0.29, 0.717) is 5.02 Å². The second-order valence-electron chi connectivity index (χ2n) is 6.10. The van der Waals surface area contributed by atoms with Crippen LogP contribution in [0.3, 0.4) is 0 Å². The van der Waals surface area contributed by atoms with Crippen molar-refractivity contribution in [2.45, 2.75) is 17.0 Å². The van der Waals surface area contributed by atoms with Gasteiger partial charge in [-0.25, -0.2) is 0 Å². The molecule has 2 N–H and O–H groups in total. The first kappa shape index (κ1) is 23.0. The van der Waals surface area contributed by atoms with Gasteiger partial charge in [0.1, 0.15) is 5.66 Å². The van der Waals surface area contributed by atoms with Gasteiger partial charge in [0, 0.05) is 27.3 Å². The molecule has 2 aromatic rings.